The molecule has 0 aliphatic carbocycles. The van der Waals surface area contributed by atoms with Crippen molar-refractivity contribution in [3.05, 3.63) is 66.2 Å². The van der Waals surface area contributed by atoms with Crippen molar-refractivity contribution in [2.24, 2.45) is 16.8 Å². The smallest absolute Gasteiger partial charge is 0.307 e. The molecular formula is C22H23N2O5P. The summed E-state index contributed by atoms with van der Waals surface area (Å²) in [5.74, 6) is -2.71. The fourth-order valence-electron chi connectivity index (χ4n) is 4.28. The molecule has 0 N–H and O–H groups in total. The van der Waals surface area contributed by atoms with Crippen LogP contribution in [-0.2, 0) is 28.5 Å². The van der Waals surface area contributed by atoms with E-state index in [1.165, 1.54) is 6.21 Å². The van der Waals surface area contributed by atoms with Crippen LogP contribution in [0.25, 0.3) is 0 Å². The average molecular weight is 426 g/mol. The molecule has 0 spiro atoms. The highest BCUT2D eigenvalue weighted by molar-refractivity contribution is 7.55. The molecular weight excluding hydrogens is 403 g/mol. The van der Waals surface area contributed by atoms with Gasteiger partial charge in [-0.25, -0.2) is 4.90 Å². The van der Waals surface area contributed by atoms with E-state index in [0.29, 0.717) is 11.3 Å². The van der Waals surface area contributed by atoms with Crippen molar-refractivity contribution in [3.8, 4) is 0 Å². The summed E-state index contributed by atoms with van der Waals surface area (Å²) < 4.78 is 25.5. The maximum atomic E-state index is 14.1. The molecule has 7 nitrogen and oxygen atoms in total. The van der Waals surface area contributed by atoms with Gasteiger partial charge in [-0.15, -0.1) is 0 Å². The largest absolute Gasteiger partial charge is 0.363 e. The van der Waals surface area contributed by atoms with E-state index in [0.717, 1.165) is 4.90 Å². The van der Waals surface area contributed by atoms with Crippen molar-refractivity contribution in [1.82, 2.24) is 0 Å². The number of anilines is 1. The molecule has 1 fully saturated rings. The van der Waals surface area contributed by atoms with E-state index in [4.69, 9.17) is 9.05 Å². The molecule has 2 aliphatic heterocycles. The number of fused-ring (bicyclic) bond motifs is 1. The monoisotopic (exact) mass is 426 g/mol. The third kappa shape index (κ3) is 2.88. The van der Waals surface area contributed by atoms with Gasteiger partial charge in [0.05, 0.1) is 30.7 Å². The predicted octanol–water partition coefficient (Wildman–Crippen LogP) is 4.00. The number of carbonyl (C=O) groups is 2. The summed E-state index contributed by atoms with van der Waals surface area (Å²) >= 11 is 0. The summed E-state index contributed by atoms with van der Waals surface area (Å²) in [4.78, 5) is 32.5. The second-order valence-corrected chi connectivity index (χ2v) is 9.25. The molecule has 3 atom stereocenters. The Balaban J connectivity index is 1.91. The molecule has 1 saturated heterocycles. The summed E-state index contributed by atoms with van der Waals surface area (Å²) in [5.41, 5.74) is 0.995. The highest BCUT2D eigenvalue weighted by Gasteiger charge is 2.69. The summed E-state index contributed by atoms with van der Waals surface area (Å²) in [6, 6.07) is 17.6. The van der Waals surface area contributed by atoms with Crippen molar-refractivity contribution < 1.29 is 23.2 Å². The number of amides is 2. The van der Waals surface area contributed by atoms with Crippen LogP contribution in [0.1, 0.15) is 19.4 Å². The summed E-state index contributed by atoms with van der Waals surface area (Å²) in [5, 5.41) is -1.62. The van der Waals surface area contributed by atoms with E-state index in [1.54, 1.807) is 62.4 Å². The predicted molar refractivity (Wildman–Crippen MR) is 113 cm³/mol. The topological polar surface area (TPSA) is 85.3 Å². The van der Waals surface area contributed by atoms with Crippen LogP contribution in [0.2, 0.25) is 0 Å². The molecule has 0 aromatic heterocycles. The van der Waals surface area contributed by atoms with Gasteiger partial charge in [0.2, 0.25) is 11.8 Å². The maximum Gasteiger partial charge on any atom is 0.363 e. The van der Waals surface area contributed by atoms with Gasteiger partial charge in [-0.1, -0.05) is 48.5 Å². The Kier molecular flexibility index (Phi) is 5.45. The molecule has 30 heavy (non-hydrogen) atoms. The molecule has 0 saturated carbocycles. The lowest BCUT2D eigenvalue weighted by Gasteiger charge is -2.37. The van der Waals surface area contributed by atoms with E-state index in [9.17, 15) is 14.2 Å². The van der Waals surface area contributed by atoms with Gasteiger partial charge in [-0.2, -0.15) is 0 Å². The molecule has 2 heterocycles. The number of para-hydroxylation sites is 1. The molecule has 4 rings (SSSR count). The van der Waals surface area contributed by atoms with Crippen LogP contribution in [0.5, 0.6) is 0 Å². The fourth-order valence-corrected chi connectivity index (χ4v) is 6.71. The van der Waals surface area contributed by atoms with Crippen molar-refractivity contribution >= 4 is 31.3 Å². The number of rotatable bonds is 7. The standard InChI is InChI=1S/C22H23N2O5P/c1-3-28-30(27,29-4-2)22(16-11-7-5-8-12-16)19-18(15-23-22)20(25)24(21(19)26)17-13-9-6-10-14-17/h5-15,18-19H,3-4H2,1-2H3/t18-,19+,22+/m1/s1. The van der Waals surface area contributed by atoms with Gasteiger partial charge in [-0.3, -0.25) is 19.1 Å². The van der Waals surface area contributed by atoms with E-state index in [2.05, 4.69) is 4.99 Å². The van der Waals surface area contributed by atoms with Gasteiger partial charge in [-0.05, 0) is 31.5 Å². The Morgan fingerprint density at radius 2 is 1.50 bits per heavy atom. The summed E-state index contributed by atoms with van der Waals surface area (Å²) in [6.45, 7) is 3.64. The summed E-state index contributed by atoms with van der Waals surface area (Å²) in [7, 11) is -3.97. The molecule has 2 aromatic rings. The molecule has 2 aromatic carbocycles. The fraction of sp³-hybridized carbons (Fsp3) is 0.318. The zero-order valence-electron chi connectivity index (χ0n) is 16.8. The molecule has 0 bridgehead atoms. The molecule has 2 aliphatic rings. The third-order valence-electron chi connectivity index (χ3n) is 5.45. The second kappa shape index (κ2) is 7.91. The lowest BCUT2D eigenvalue weighted by molar-refractivity contribution is -0.123. The molecule has 2 amide bonds. The molecule has 0 unspecified atom stereocenters. The van der Waals surface area contributed by atoms with Gasteiger partial charge in [0.15, 0.2) is 5.28 Å². The molecule has 8 heteroatoms. The number of imide groups is 1. The Hall–Kier alpha value is -2.60. The maximum absolute atomic E-state index is 14.1. The van der Waals surface area contributed by atoms with Crippen LogP contribution >= 0.6 is 7.60 Å². The quantitative estimate of drug-likeness (QED) is 0.494. The minimum absolute atomic E-state index is 0.114. The van der Waals surface area contributed by atoms with E-state index in [1.807, 2.05) is 12.1 Å². The van der Waals surface area contributed by atoms with Crippen LogP contribution in [0.15, 0.2) is 65.7 Å². The van der Waals surface area contributed by atoms with Crippen LogP contribution in [0, 0.1) is 11.8 Å². The number of nitrogens with zero attached hydrogens (tertiary/aromatic N) is 2. The van der Waals surface area contributed by atoms with Gasteiger partial charge < -0.3 is 9.05 Å². The first-order valence-corrected chi connectivity index (χ1v) is 11.5. The van der Waals surface area contributed by atoms with Crippen LogP contribution in [0.4, 0.5) is 5.69 Å². The van der Waals surface area contributed by atoms with Gasteiger partial charge in [0.25, 0.3) is 0 Å². The average Bonchev–Trinajstić information content (AvgIpc) is 3.28. The zero-order chi connectivity index (χ0) is 21.4. The summed E-state index contributed by atoms with van der Waals surface area (Å²) in [6.07, 6.45) is 1.44. The van der Waals surface area contributed by atoms with Crippen LogP contribution < -0.4 is 4.90 Å². The highest BCUT2D eigenvalue weighted by atomic mass is 31.2. The van der Waals surface area contributed by atoms with E-state index < -0.39 is 36.5 Å². The minimum Gasteiger partial charge on any atom is -0.307 e. The SMILES string of the molecule is CCOP(=O)(OCC)[C@]1(c2ccccc2)N=C[C@H]2C(=O)N(c3ccccc3)C(=O)[C@H]21. The number of hydrogen-bond acceptors (Lipinski definition) is 6. The van der Waals surface area contributed by atoms with Crippen molar-refractivity contribution in [3.63, 3.8) is 0 Å². The zero-order valence-corrected chi connectivity index (χ0v) is 17.7. The van der Waals surface area contributed by atoms with E-state index in [-0.39, 0.29) is 13.2 Å². The molecule has 156 valence electrons. The number of aliphatic imine (C=N–C) groups is 1. The Morgan fingerprint density at radius 3 is 2.07 bits per heavy atom. The number of benzene rings is 2. The number of carbonyl (C=O) groups excluding carboxylic acids is 2. The van der Waals surface area contributed by atoms with Crippen LogP contribution in [0.3, 0.4) is 0 Å². The van der Waals surface area contributed by atoms with Gasteiger partial charge in [0, 0.05) is 6.21 Å². The van der Waals surface area contributed by atoms with Crippen molar-refractivity contribution in [2.45, 2.75) is 19.1 Å². The third-order valence-corrected chi connectivity index (χ3v) is 8.13. The lowest BCUT2D eigenvalue weighted by atomic mass is 9.87. The first kappa shape index (κ1) is 20.7. The Bertz CT molecular complexity index is 1020. The normalized spacial score (nSPS) is 25.7. The van der Waals surface area contributed by atoms with Gasteiger partial charge in [0.1, 0.15) is 0 Å². The van der Waals surface area contributed by atoms with Crippen molar-refractivity contribution in [2.75, 3.05) is 18.1 Å². The van der Waals surface area contributed by atoms with Crippen LogP contribution in [-0.4, -0.2) is 31.2 Å². The Morgan fingerprint density at radius 1 is 0.933 bits per heavy atom. The second-order valence-electron chi connectivity index (χ2n) is 7.05. The lowest BCUT2D eigenvalue weighted by Crippen LogP contribution is -2.40. The van der Waals surface area contributed by atoms with E-state index >= 15 is 0 Å². The first-order valence-electron chi connectivity index (χ1n) is 9.93. The number of hydrogen-bond donors (Lipinski definition) is 0. The first-order chi connectivity index (χ1) is 14.5. The van der Waals surface area contributed by atoms with Crippen molar-refractivity contribution in [1.29, 1.82) is 0 Å². The molecule has 0 radical (unpaired) electrons. The highest BCUT2D eigenvalue weighted by Crippen LogP contribution is 2.72. The Labute approximate surface area is 175 Å². The van der Waals surface area contributed by atoms with Gasteiger partial charge >= 0.3 is 7.60 Å². The minimum atomic E-state index is -3.97.